The molecule has 25 heavy (non-hydrogen) atoms. The van der Waals surface area contributed by atoms with E-state index < -0.39 is 7.92 Å². The molecule has 4 rings (SSSR count). The van der Waals surface area contributed by atoms with Crippen molar-refractivity contribution in [3.8, 4) is 0 Å². The van der Waals surface area contributed by atoms with Crippen LogP contribution in [0.5, 0.6) is 0 Å². The fraction of sp³-hybridized carbons (Fsp3) is 0.250. The Kier molecular flexibility index (Phi) is 5.28. The minimum Gasteiger partial charge on any atom is -0.0622 e. The summed E-state index contributed by atoms with van der Waals surface area (Å²) in [5.74, 6) is 0.780. The Morgan fingerprint density at radius 1 is 0.520 bits per heavy atom. The van der Waals surface area contributed by atoms with Crippen LogP contribution in [0.2, 0.25) is 0 Å². The Labute approximate surface area is 152 Å². The van der Waals surface area contributed by atoms with Crippen LogP contribution in [0.3, 0.4) is 0 Å². The summed E-state index contributed by atoms with van der Waals surface area (Å²) < 4.78 is 0. The van der Waals surface area contributed by atoms with Crippen molar-refractivity contribution < 1.29 is 0 Å². The van der Waals surface area contributed by atoms with Crippen molar-refractivity contribution in [2.24, 2.45) is 0 Å². The van der Waals surface area contributed by atoms with Crippen LogP contribution in [0.4, 0.5) is 0 Å². The Morgan fingerprint density at radius 2 is 1.00 bits per heavy atom. The molecule has 0 radical (unpaired) electrons. The van der Waals surface area contributed by atoms with E-state index in [1.54, 1.807) is 5.56 Å². The first-order chi connectivity index (χ1) is 12.4. The molecule has 0 atom stereocenters. The predicted molar refractivity (Wildman–Crippen MR) is 111 cm³/mol. The van der Waals surface area contributed by atoms with Crippen molar-refractivity contribution >= 4 is 23.8 Å². The highest BCUT2D eigenvalue weighted by Gasteiger charge is 2.18. The van der Waals surface area contributed by atoms with Crippen LogP contribution in [-0.4, -0.2) is 0 Å². The number of benzene rings is 3. The molecule has 0 unspecified atom stereocenters. The molecule has 0 aromatic heterocycles. The lowest BCUT2D eigenvalue weighted by Crippen LogP contribution is -2.20. The monoisotopic (exact) mass is 344 g/mol. The molecule has 1 heteroatoms. The second-order valence-electron chi connectivity index (χ2n) is 6.93. The van der Waals surface area contributed by atoms with Crippen LogP contribution in [0.1, 0.15) is 43.6 Å². The topological polar surface area (TPSA) is 0 Å². The first-order valence-electron chi connectivity index (χ1n) is 9.42. The molecule has 0 aliphatic heterocycles. The molecule has 126 valence electrons. The normalized spacial score (nSPS) is 15.4. The van der Waals surface area contributed by atoms with Crippen LogP contribution in [0.15, 0.2) is 84.9 Å². The van der Waals surface area contributed by atoms with E-state index in [-0.39, 0.29) is 0 Å². The van der Waals surface area contributed by atoms with E-state index in [4.69, 9.17) is 0 Å². The van der Waals surface area contributed by atoms with Gasteiger partial charge < -0.3 is 0 Å². The van der Waals surface area contributed by atoms with Crippen LogP contribution >= 0.6 is 7.92 Å². The lowest BCUT2D eigenvalue weighted by molar-refractivity contribution is 0.443. The van der Waals surface area contributed by atoms with Crippen molar-refractivity contribution in [1.29, 1.82) is 0 Å². The van der Waals surface area contributed by atoms with Gasteiger partial charge in [-0.1, -0.05) is 104 Å². The average molecular weight is 344 g/mol. The third-order valence-electron chi connectivity index (χ3n) is 5.26. The number of rotatable bonds is 4. The van der Waals surface area contributed by atoms with Gasteiger partial charge in [0.2, 0.25) is 0 Å². The molecule has 0 spiro atoms. The molecule has 1 aliphatic carbocycles. The van der Waals surface area contributed by atoms with Crippen molar-refractivity contribution in [3.05, 3.63) is 90.5 Å². The molecule has 3 aromatic rings. The van der Waals surface area contributed by atoms with Gasteiger partial charge in [0.15, 0.2) is 0 Å². The van der Waals surface area contributed by atoms with Crippen molar-refractivity contribution in [2.45, 2.75) is 38.0 Å². The van der Waals surface area contributed by atoms with E-state index >= 15 is 0 Å². The van der Waals surface area contributed by atoms with Gasteiger partial charge in [0.1, 0.15) is 0 Å². The summed E-state index contributed by atoms with van der Waals surface area (Å²) in [6, 6.07) is 31.5. The predicted octanol–water partition coefficient (Wildman–Crippen LogP) is 5.49. The summed E-state index contributed by atoms with van der Waals surface area (Å²) in [6.07, 6.45) is 6.94. The fourth-order valence-corrected chi connectivity index (χ4v) is 6.22. The van der Waals surface area contributed by atoms with Gasteiger partial charge in [0.05, 0.1) is 0 Å². The minimum absolute atomic E-state index is 0.476. The maximum absolute atomic E-state index is 2.40. The largest absolute Gasteiger partial charge is 0.0622 e. The molecule has 0 nitrogen and oxygen atoms in total. The van der Waals surface area contributed by atoms with Crippen LogP contribution in [-0.2, 0) is 0 Å². The quantitative estimate of drug-likeness (QED) is 0.549. The summed E-state index contributed by atoms with van der Waals surface area (Å²) in [7, 11) is -0.476. The van der Waals surface area contributed by atoms with Crippen LogP contribution in [0.25, 0.3) is 0 Å². The lowest BCUT2D eigenvalue weighted by atomic mass is 9.84. The molecule has 1 fully saturated rings. The third-order valence-corrected chi connectivity index (χ3v) is 7.70. The Morgan fingerprint density at radius 3 is 1.52 bits per heavy atom. The first kappa shape index (κ1) is 16.6. The van der Waals surface area contributed by atoms with E-state index in [0.29, 0.717) is 0 Å². The standard InChI is InChI=1S/C24H25P/c1-4-10-20(11-5-1)21-16-18-24(19-17-21)25(22-12-6-2-7-13-22)23-14-8-3-9-15-23/h2-3,6-9,12-20H,1,4-5,10-11H2. The smallest absolute Gasteiger partial charge is 0.0134 e. The zero-order chi connectivity index (χ0) is 16.9. The zero-order valence-electron chi connectivity index (χ0n) is 14.6. The Bertz CT molecular complexity index is 732. The molecule has 1 aliphatic rings. The second-order valence-corrected chi connectivity index (χ2v) is 9.15. The SMILES string of the molecule is c1ccc(P(c2ccccc2)c2ccc(C3CCCCC3)cc2)cc1. The molecule has 0 amide bonds. The van der Waals surface area contributed by atoms with Gasteiger partial charge in [-0.2, -0.15) is 0 Å². The summed E-state index contributed by atoms with van der Waals surface area (Å²) in [5, 5.41) is 4.30. The van der Waals surface area contributed by atoms with Crippen molar-refractivity contribution in [2.75, 3.05) is 0 Å². The van der Waals surface area contributed by atoms with Gasteiger partial charge in [-0.25, -0.2) is 0 Å². The van der Waals surface area contributed by atoms with E-state index in [1.807, 2.05) is 0 Å². The third kappa shape index (κ3) is 3.86. The van der Waals surface area contributed by atoms with E-state index in [9.17, 15) is 0 Å². The average Bonchev–Trinajstić information content (AvgIpc) is 2.71. The maximum Gasteiger partial charge on any atom is -0.0134 e. The van der Waals surface area contributed by atoms with Crippen molar-refractivity contribution in [1.82, 2.24) is 0 Å². The molecular formula is C24H25P. The highest BCUT2D eigenvalue weighted by molar-refractivity contribution is 7.79. The van der Waals surface area contributed by atoms with Crippen LogP contribution in [0, 0.1) is 0 Å². The van der Waals surface area contributed by atoms with Gasteiger partial charge in [-0.05, 0) is 48.2 Å². The highest BCUT2D eigenvalue weighted by Crippen LogP contribution is 2.35. The summed E-state index contributed by atoms with van der Waals surface area (Å²) in [6.45, 7) is 0. The fourth-order valence-electron chi connectivity index (χ4n) is 3.93. The summed E-state index contributed by atoms with van der Waals surface area (Å²) in [4.78, 5) is 0. The molecule has 3 aromatic carbocycles. The molecule has 0 saturated heterocycles. The van der Waals surface area contributed by atoms with Crippen molar-refractivity contribution in [3.63, 3.8) is 0 Å². The van der Waals surface area contributed by atoms with Gasteiger partial charge >= 0.3 is 0 Å². The Balaban J connectivity index is 1.68. The first-order valence-corrected chi connectivity index (χ1v) is 10.8. The van der Waals surface area contributed by atoms with E-state index in [2.05, 4.69) is 84.9 Å². The zero-order valence-corrected chi connectivity index (χ0v) is 15.5. The number of hydrogen-bond acceptors (Lipinski definition) is 0. The lowest BCUT2D eigenvalue weighted by Gasteiger charge is -2.23. The summed E-state index contributed by atoms with van der Waals surface area (Å²) >= 11 is 0. The van der Waals surface area contributed by atoms with Gasteiger partial charge in [0, 0.05) is 0 Å². The number of hydrogen-bond donors (Lipinski definition) is 0. The molecule has 0 heterocycles. The molecule has 0 N–H and O–H groups in total. The minimum atomic E-state index is -0.476. The van der Waals surface area contributed by atoms with Gasteiger partial charge in [-0.15, -0.1) is 0 Å². The van der Waals surface area contributed by atoms with Gasteiger partial charge in [0.25, 0.3) is 0 Å². The van der Waals surface area contributed by atoms with Gasteiger partial charge in [-0.3, -0.25) is 0 Å². The molecule has 0 bridgehead atoms. The molecule has 1 saturated carbocycles. The summed E-state index contributed by atoms with van der Waals surface area (Å²) in [5.41, 5.74) is 1.54. The highest BCUT2D eigenvalue weighted by atomic mass is 31.1. The van der Waals surface area contributed by atoms with Crippen LogP contribution < -0.4 is 15.9 Å². The molecular weight excluding hydrogens is 319 g/mol. The van der Waals surface area contributed by atoms with E-state index in [0.717, 1.165) is 5.92 Å². The Hall–Kier alpha value is -1.91. The maximum atomic E-state index is 2.40. The van der Waals surface area contributed by atoms with E-state index in [1.165, 1.54) is 48.0 Å². The second kappa shape index (κ2) is 7.98.